The number of ether oxygens (including phenoxy) is 3. The summed E-state index contributed by atoms with van der Waals surface area (Å²) >= 11 is 0. The van der Waals surface area contributed by atoms with E-state index in [1.807, 2.05) is 0 Å². The van der Waals surface area contributed by atoms with Crippen molar-refractivity contribution in [1.29, 1.82) is 0 Å². The highest BCUT2D eigenvalue weighted by Crippen LogP contribution is 2.29. The summed E-state index contributed by atoms with van der Waals surface area (Å²) in [5.74, 6) is 1.80. The van der Waals surface area contributed by atoms with E-state index in [0.29, 0.717) is 44.0 Å². The van der Waals surface area contributed by atoms with Crippen molar-refractivity contribution in [2.45, 2.75) is 54.3 Å². The lowest BCUT2D eigenvalue weighted by atomic mass is 10.1. The summed E-state index contributed by atoms with van der Waals surface area (Å²) in [4.78, 5) is 12.2. The second-order valence-electron chi connectivity index (χ2n) is 7.35. The minimum Gasteiger partial charge on any atom is -0.498 e. The van der Waals surface area contributed by atoms with Crippen LogP contribution >= 0.6 is 0 Å². The maximum Gasteiger partial charge on any atom is 0.168 e. The number of carbonyl (C=O) groups excluding carboxylic acids is 1. The first-order chi connectivity index (χ1) is 10.3. The summed E-state index contributed by atoms with van der Waals surface area (Å²) in [6, 6.07) is 0. The molecule has 1 atom stereocenters. The third kappa shape index (κ3) is 6.93. The molecule has 0 heterocycles. The molecule has 0 aromatic carbocycles. The van der Waals surface area contributed by atoms with Crippen molar-refractivity contribution in [2.24, 2.45) is 23.7 Å². The Balaban J connectivity index is 2.60. The van der Waals surface area contributed by atoms with E-state index in [-0.39, 0.29) is 11.7 Å². The fourth-order valence-electron chi connectivity index (χ4n) is 2.10. The fourth-order valence-corrected chi connectivity index (χ4v) is 2.10. The van der Waals surface area contributed by atoms with E-state index in [1.54, 1.807) is 6.08 Å². The first-order valence-corrected chi connectivity index (χ1v) is 8.40. The number of carbonyl (C=O) groups is 1. The topological polar surface area (TPSA) is 44.8 Å². The van der Waals surface area contributed by atoms with Crippen LogP contribution < -0.4 is 0 Å². The lowest BCUT2D eigenvalue weighted by Crippen LogP contribution is -2.32. The van der Waals surface area contributed by atoms with E-state index in [0.717, 1.165) is 5.76 Å². The van der Waals surface area contributed by atoms with Crippen LogP contribution in [0.5, 0.6) is 0 Å². The third-order valence-corrected chi connectivity index (χ3v) is 3.21. The maximum absolute atomic E-state index is 12.2. The van der Waals surface area contributed by atoms with Gasteiger partial charge in [-0.3, -0.25) is 4.79 Å². The largest absolute Gasteiger partial charge is 0.498 e. The molecule has 1 aliphatic rings. The van der Waals surface area contributed by atoms with Gasteiger partial charge in [0.1, 0.15) is 5.76 Å². The number of allylic oxidation sites excluding steroid dienone is 2. The maximum atomic E-state index is 12.2. The molecule has 22 heavy (non-hydrogen) atoms. The summed E-state index contributed by atoms with van der Waals surface area (Å²) in [5, 5.41) is 0. The van der Waals surface area contributed by atoms with E-state index in [9.17, 15) is 4.79 Å². The molecule has 1 aliphatic carbocycles. The van der Waals surface area contributed by atoms with E-state index >= 15 is 0 Å². The van der Waals surface area contributed by atoms with Gasteiger partial charge in [-0.15, -0.1) is 0 Å². The third-order valence-electron chi connectivity index (χ3n) is 3.21. The second kappa shape index (κ2) is 9.31. The van der Waals surface area contributed by atoms with Gasteiger partial charge in [0.05, 0.1) is 25.7 Å². The van der Waals surface area contributed by atoms with Gasteiger partial charge in [-0.25, -0.2) is 0 Å². The molecular formula is C18H32O4. The van der Waals surface area contributed by atoms with Gasteiger partial charge in [0.15, 0.2) is 12.1 Å². The Labute approximate surface area is 135 Å². The summed E-state index contributed by atoms with van der Waals surface area (Å²) in [6.07, 6.45) is 1.71. The first-order valence-electron chi connectivity index (χ1n) is 8.40. The molecule has 0 aromatic rings. The van der Waals surface area contributed by atoms with Crippen molar-refractivity contribution in [1.82, 2.24) is 0 Å². The highest BCUT2D eigenvalue weighted by molar-refractivity contribution is 5.95. The Morgan fingerprint density at radius 1 is 0.955 bits per heavy atom. The molecule has 0 aromatic heterocycles. The summed E-state index contributed by atoms with van der Waals surface area (Å²) in [6.45, 7) is 14.4. The van der Waals surface area contributed by atoms with Crippen molar-refractivity contribution >= 4 is 5.78 Å². The van der Waals surface area contributed by atoms with Crippen LogP contribution in [0.2, 0.25) is 0 Å². The Hall–Kier alpha value is -0.870. The van der Waals surface area contributed by atoms with Gasteiger partial charge in [0, 0.05) is 12.5 Å². The van der Waals surface area contributed by atoms with E-state index in [4.69, 9.17) is 14.2 Å². The van der Waals surface area contributed by atoms with Crippen molar-refractivity contribution in [3.05, 3.63) is 11.8 Å². The van der Waals surface area contributed by atoms with E-state index < -0.39 is 6.29 Å². The molecule has 4 nitrogen and oxygen atoms in total. The molecule has 4 heteroatoms. The molecule has 128 valence electrons. The standard InChI is InChI=1S/C18H32O4/c1-12(2)9-20-15-7-16(17(19)8-15)18(21-10-13(3)4)22-11-14(5)6/h8,12-14,16,18H,7,9-11H2,1-6H3/t16-/m1/s1. The first kappa shape index (κ1) is 19.2. The average molecular weight is 312 g/mol. The summed E-state index contributed by atoms with van der Waals surface area (Å²) in [5.41, 5.74) is 0. The monoisotopic (exact) mass is 312 g/mol. The molecular weight excluding hydrogens is 280 g/mol. The molecule has 0 bridgehead atoms. The van der Waals surface area contributed by atoms with Crippen LogP contribution in [0.25, 0.3) is 0 Å². The molecule has 0 aliphatic heterocycles. The van der Waals surface area contributed by atoms with Crippen LogP contribution in [0, 0.1) is 23.7 Å². The van der Waals surface area contributed by atoms with E-state index in [2.05, 4.69) is 41.5 Å². The van der Waals surface area contributed by atoms with Crippen LogP contribution in [0.4, 0.5) is 0 Å². The highest BCUT2D eigenvalue weighted by atomic mass is 16.7. The van der Waals surface area contributed by atoms with E-state index in [1.165, 1.54) is 0 Å². The molecule has 0 saturated carbocycles. The molecule has 0 fully saturated rings. The smallest absolute Gasteiger partial charge is 0.168 e. The number of hydrogen-bond donors (Lipinski definition) is 0. The molecule has 0 spiro atoms. The minimum absolute atomic E-state index is 0.0521. The predicted molar refractivity (Wildman–Crippen MR) is 87.4 cm³/mol. The van der Waals surface area contributed by atoms with Gasteiger partial charge in [0.2, 0.25) is 0 Å². The molecule has 1 rings (SSSR count). The predicted octanol–water partition coefficient (Wildman–Crippen LogP) is 3.80. The molecule has 0 unspecified atom stereocenters. The van der Waals surface area contributed by atoms with Gasteiger partial charge in [-0.1, -0.05) is 41.5 Å². The minimum atomic E-state index is -0.478. The van der Waals surface area contributed by atoms with Crippen molar-refractivity contribution < 1.29 is 19.0 Å². The Morgan fingerprint density at radius 3 is 1.91 bits per heavy atom. The van der Waals surface area contributed by atoms with Crippen molar-refractivity contribution in [2.75, 3.05) is 19.8 Å². The highest BCUT2D eigenvalue weighted by Gasteiger charge is 2.35. The number of rotatable bonds is 10. The van der Waals surface area contributed by atoms with Crippen LogP contribution in [0.15, 0.2) is 11.8 Å². The Kier molecular flexibility index (Phi) is 8.12. The molecule has 0 N–H and O–H groups in total. The number of hydrogen-bond acceptors (Lipinski definition) is 4. The Morgan fingerprint density at radius 2 is 1.45 bits per heavy atom. The van der Waals surface area contributed by atoms with Gasteiger partial charge in [0.25, 0.3) is 0 Å². The lowest BCUT2D eigenvalue weighted by molar-refractivity contribution is -0.183. The van der Waals surface area contributed by atoms with Gasteiger partial charge >= 0.3 is 0 Å². The zero-order chi connectivity index (χ0) is 16.7. The van der Waals surface area contributed by atoms with Crippen LogP contribution in [-0.4, -0.2) is 31.9 Å². The average Bonchev–Trinajstić information content (AvgIpc) is 2.77. The van der Waals surface area contributed by atoms with Gasteiger partial charge in [-0.2, -0.15) is 0 Å². The zero-order valence-electron chi connectivity index (χ0n) is 14.9. The van der Waals surface area contributed by atoms with Gasteiger partial charge < -0.3 is 14.2 Å². The normalized spacial score (nSPS) is 18.9. The SMILES string of the molecule is CC(C)COC1=CC(=O)[C@H](C(OCC(C)C)OCC(C)C)C1. The van der Waals surface area contributed by atoms with Crippen molar-refractivity contribution in [3.63, 3.8) is 0 Å². The zero-order valence-corrected chi connectivity index (χ0v) is 14.9. The fraction of sp³-hybridized carbons (Fsp3) is 0.833. The number of ketones is 1. The van der Waals surface area contributed by atoms with Crippen LogP contribution in [-0.2, 0) is 19.0 Å². The summed E-state index contributed by atoms with van der Waals surface area (Å²) in [7, 11) is 0. The molecule has 0 radical (unpaired) electrons. The second-order valence-corrected chi connectivity index (χ2v) is 7.35. The molecule has 0 amide bonds. The van der Waals surface area contributed by atoms with Crippen LogP contribution in [0.1, 0.15) is 48.0 Å². The lowest BCUT2D eigenvalue weighted by Gasteiger charge is -2.25. The van der Waals surface area contributed by atoms with Gasteiger partial charge in [-0.05, 0) is 17.8 Å². The summed E-state index contributed by atoms with van der Waals surface area (Å²) < 4.78 is 17.4. The van der Waals surface area contributed by atoms with Crippen LogP contribution in [0.3, 0.4) is 0 Å². The quantitative estimate of drug-likeness (QED) is 0.576. The van der Waals surface area contributed by atoms with Crippen molar-refractivity contribution in [3.8, 4) is 0 Å². The molecule has 0 saturated heterocycles. The Bertz CT molecular complexity index is 359.